The molecule has 2 aromatic carbocycles. The quantitative estimate of drug-likeness (QED) is 0.196. The molecule has 0 saturated carbocycles. The van der Waals surface area contributed by atoms with Crippen LogP contribution in [0.3, 0.4) is 0 Å². The van der Waals surface area contributed by atoms with E-state index >= 15 is 0 Å². The van der Waals surface area contributed by atoms with Gasteiger partial charge in [0.2, 0.25) is 0 Å². The van der Waals surface area contributed by atoms with Gasteiger partial charge in [-0.2, -0.15) is 0 Å². The molecule has 61 heavy (non-hydrogen) atoms. The summed E-state index contributed by atoms with van der Waals surface area (Å²) in [6, 6.07) is 0.756. The van der Waals surface area contributed by atoms with Crippen LogP contribution in [0.5, 0.6) is 23.0 Å². The molecule has 4 aliphatic rings. The van der Waals surface area contributed by atoms with E-state index in [2.05, 4.69) is 5.32 Å². The number of allylic oxidation sites excluding steroid dienone is 2. The molecule has 2 amide bonds. The maximum absolute atomic E-state index is 14.6. The summed E-state index contributed by atoms with van der Waals surface area (Å²) >= 11 is 0. The number of aliphatic hydroxyl groups is 2. The molecule has 5 N–H and O–H groups in total. The van der Waals surface area contributed by atoms with E-state index in [-0.39, 0.29) is 62.6 Å². The van der Waals surface area contributed by atoms with Crippen molar-refractivity contribution >= 4 is 40.0 Å². The number of aliphatic hydroxyl groups excluding tert-OH is 2. The number of benzene rings is 2. The minimum absolute atomic E-state index is 0.0651. The number of ether oxygens (including phenoxy) is 6. The van der Waals surface area contributed by atoms with Gasteiger partial charge in [-0.1, -0.05) is 45.9 Å². The third-order valence-corrected chi connectivity index (χ3v) is 12.1. The Kier molecular flexibility index (Phi) is 14.5. The number of anilines is 1. The number of aromatic hydroxyl groups is 2. The molecule has 1 saturated heterocycles. The van der Waals surface area contributed by atoms with E-state index in [1.54, 1.807) is 44.7 Å². The van der Waals surface area contributed by atoms with Gasteiger partial charge in [-0.15, -0.1) is 0 Å². The number of Topliss-reactive ketones (excluding diaryl/α,β-unsaturated/α-hetero) is 1. The summed E-state index contributed by atoms with van der Waals surface area (Å²) < 4.78 is 35.5. The number of carbonyl (C=O) groups excluding carboxylic acids is 4. The van der Waals surface area contributed by atoms with E-state index in [1.165, 1.54) is 59.3 Å². The predicted molar refractivity (Wildman–Crippen MR) is 224 cm³/mol. The first-order chi connectivity index (χ1) is 28.6. The number of nitrogens with zero attached hydrogens (tertiary/aromatic N) is 1. The molecule has 2 unspecified atom stereocenters. The maximum atomic E-state index is 14.6. The molecule has 0 radical (unpaired) electrons. The second-order valence-electron chi connectivity index (χ2n) is 16.7. The molecule has 4 heterocycles. The smallest absolute Gasteiger partial charge is 0.312 e. The lowest BCUT2D eigenvalue weighted by molar-refractivity contribution is -0.160. The molecule has 0 aromatic heterocycles. The van der Waals surface area contributed by atoms with Crippen molar-refractivity contribution in [2.24, 2.45) is 23.7 Å². The minimum Gasteiger partial charge on any atom is -0.507 e. The number of phenols is 2. The van der Waals surface area contributed by atoms with Crippen molar-refractivity contribution in [3.05, 3.63) is 53.3 Å². The molecule has 16 heteroatoms. The van der Waals surface area contributed by atoms with Gasteiger partial charge < -0.3 is 59.1 Å². The Morgan fingerprint density at radius 3 is 2.21 bits per heavy atom. The Hall–Kier alpha value is -5.16. The monoisotopic (exact) mass is 852 g/mol. The second kappa shape index (κ2) is 18.8. The molecule has 2 aromatic rings. The van der Waals surface area contributed by atoms with Gasteiger partial charge in [0.1, 0.15) is 23.4 Å². The number of carbonyl (C=O) groups is 4. The molecular formula is C45H60N2O14. The fourth-order valence-electron chi connectivity index (χ4n) is 8.46. The Labute approximate surface area is 356 Å². The molecule has 16 nitrogen and oxygen atoms in total. The molecule has 0 aliphatic carbocycles. The third kappa shape index (κ3) is 9.37. The van der Waals surface area contributed by atoms with E-state index in [4.69, 9.17) is 28.4 Å². The lowest BCUT2D eigenvalue weighted by atomic mass is 9.78. The number of morpholine rings is 1. The van der Waals surface area contributed by atoms with Gasteiger partial charge in [0.15, 0.2) is 12.4 Å². The van der Waals surface area contributed by atoms with Crippen LogP contribution in [0.1, 0.15) is 78.2 Å². The van der Waals surface area contributed by atoms with Crippen LogP contribution in [0, 0.1) is 30.6 Å². The number of ketones is 1. The second-order valence-corrected chi connectivity index (χ2v) is 16.7. The van der Waals surface area contributed by atoms with Crippen molar-refractivity contribution in [1.29, 1.82) is 0 Å². The molecule has 6 rings (SSSR count). The van der Waals surface area contributed by atoms with Crippen LogP contribution >= 0.6 is 0 Å². The zero-order valence-electron chi connectivity index (χ0n) is 36.7. The summed E-state index contributed by atoms with van der Waals surface area (Å²) in [7, 11) is 1.44. The van der Waals surface area contributed by atoms with Gasteiger partial charge in [-0.05, 0) is 33.8 Å². The Balaban J connectivity index is 1.67. The summed E-state index contributed by atoms with van der Waals surface area (Å²) in [6.07, 6.45) is 3.57. The van der Waals surface area contributed by atoms with Crippen LogP contribution in [0.2, 0.25) is 0 Å². The summed E-state index contributed by atoms with van der Waals surface area (Å²) in [5, 5.41) is 48.6. The van der Waals surface area contributed by atoms with Gasteiger partial charge in [0.05, 0.1) is 66.5 Å². The summed E-state index contributed by atoms with van der Waals surface area (Å²) in [6.45, 7) is 16.4. The van der Waals surface area contributed by atoms with Crippen LogP contribution in [0.15, 0.2) is 42.2 Å². The summed E-state index contributed by atoms with van der Waals surface area (Å²) in [4.78, 5) is 55.8. The number of methoxy groups -OCH3 is 1. The van der Waals surface area contributed by atoms with E-state index in [1.807, 2.05) is 13.8 Å². The first-order valence-corrected chi connectivity index (χ1v) is 20.5. The average Bonchev–Trinajstić information content (AvgIpc) is 3.47. The van der Waals surface area contributed by atoms with Gasteiger partial charge in [-0.25, -0.2) is 0 Å². The van der Waals surface area contributed by atoms with Crippen LogP contribution < -0.4 is 14.8 Å². The molecule has 334 valence electrons. The first-order valence-electron chi connectivity index (χ1n) is 20.5. The molecular weight excluding hydrogens is 792 g/mol. The van der Waals surface area contributed by atoms with Gasteiger partial charge in [0.25, 0.3) is 17.6 Å². The highest BCUT2D eigenvalue weighted by molar-refractivity contribution is 6.21. The number of rotatable bonds is 5. The van der Waals surface area contributed by atoms with Gasteiger partial charge >= 0.3 is 11.8 Å². The number of hydrogen-bond acceptors (Lipinski definition) is 14. The van der Waals surface area contributed by atoms with Crippen LogP contribution in [-0.4, -0.2) is 118 Å². The van der Waals surface area contributed by atoms with E-state index < -0.39 is 89.6 Å². The number of nitrogens with one attached hydrogen (secondary N) is 1. The highest BCUT2D eigenvalue weighted by Crippen LogP contribution is 2.54. The highest BCUT2D eigenvalue weighted by Gasteiger charge is 2.50. The lowest BCUT2D eigenvalue weighted by Gasteiger charge is -2.38. The lowest BCUT2D eigenvalue weighted by Crippen LogP contribution is -2.53. The van der Waals surface area contributed by atoms with Crippen molar-refractivity contribution in [3.8, 4) is 23.0 Å². The van der Waals surface area contributed by atoms with Crippen molar-refractivity contribution in [2.75, 3.05) is 32.2 Å². The third-order valence-electron chi connectivity index (χ3n) is 12.1. The highest BCUT2D eigenvalue weighted by atomic mass is 16.7. The van der Waals surface area contributed by atoms with E-state index in [9.17, 15) is 39.6 Å². The number of amides is 2. The van der Waals surface area contributed by atoms with Crippen LogP contribution in [0.4, 0.5) is 5.69 Å². The van der Waals surface area contributed by atoms with Crippen LogP contribution in [-0.2, 0) is 33.3 Å². The SMILES string of the molecule is CO[C@H]1/C=C/O[C@@]2(C)Oc3c(C)c(O)c4c(O)c(cc(OCC(=O)N5C(C)COCC5C)c4c3C2=O)NC(=O)/C(C)=C\C=C\[C@H](C)[C@H](O)[C@@H](C)[C@@H](O)[C@@H](C)[C@H](OC(C)=O)[C@@H]1C. The maximum Gasteiger partial charge on any atom is 0.312 e. The number of esters is 1. The largest absolute Gasteiger partial charge is 0.507 e. The fourth-order valence-corrected chi connectivity index (χ4v) is 8.46. The fraction of sp³-hybridized carbons (Fsp3) is 0.556. The Morgan fingerprint density at radius 2 is 1.59 bits per heavy atom. The standard InChI is InChI=1S/C45H60N2O14/c1-21-13-12-14-22(2)44(55)46-30-17-32(58-20-33(49)47-23(3)18-57-19-24(47)4)34-35(40(30)53)39(52)28(8)42-36(34)43(54)45(10,61-42)59-16-15-31(56-11)25(5)41(60-29(9)48)27(7)38(51)26(6)37(21)50/h12-17,21,23-27,31,37-38,41,50-53H,18-20H2,1-11H3,(H,46,55)/b13-12+,16-15+,22-14-/t21-,23?,24?,25+,26+,27+,31-,37-,38+,41+,45-/m0/s1. The van der Waals surface area contributed by atoms with Crippen molar-refractivity contribution in [3.63, 3.8) is 0 Å². The van der Waals surface area contributed by atoms with E-state index in [0.29, 0.717) is 13.2 Å². The minimum atomic E-state index is -2.04. The van der Waals surface area contributed by atoms with Crippen molar-refractivity contribution in [2.45, 2.75) is 112 Å². The molecule has 1 fully saturated rings. The van der Waals surface area contributed by atoms with Crippen LogP contribution in [0.25, 0.3) is 10.8 Å². The van der Waals surface area contributed by atoms with Gasteiger partial charge in [-0.3, -0.25) is 19.2 Å². The number of fused-ring (bicyclic) bond motifs is 14. The van der Waals surface area contributed by atoms with Crippen molar-refractivity contribution in [1.82, 2.24) is 4.90 Å². The van der Waals surface area contributed by atoms with E-state index in [0.717, 1.165) is 0 Å². The molecule has 0 spiro atoms. The topological polar surface area (TPSA) is 220 Å². The van der Waals surface area contributed by atoms with Gasteiger partial charge in [0, 0.05) is 67.2 Å². The molecule has 11 atom stereocenters. The molecule has 4 aliphatic heterocycles. The van der Waals surface area contributed by atoms with Crippen molar-refractivity contribution < 1.29 is 68.0 Å². The summed E-state index contributed by atoms with van der Waals surface area (Å²) in [5.74, 6) is -8.12. The number of phenolic OH excluding ortho intramolecular Hbond substituents is 2. The number of hydrogen-bond donors (Lipinski definition) is 5. The zero-order valence-corrected chi connectivity index (χ0v) is 36.7. The average molecular weight is 853 g/mol. The molecule has 5 bridgehead atoms. The zero-order chi connectivity index (χ0) is 45.2. The Bertz CT molecular complexity index is 2100. The summed E-state index contributed by atoms with van der Waals surface area (Å²) in [5.41, 5.74) is -0.0390. The predicted octanol–water partition coefficient (Wildman–Crippen LogP) is 5.06. The first kappa shape index (κ1) is 46.9. The normalized spacial score (nSPS) is 33.3. The Morgan fingerprint density at radius 1 is 0.934 bits per heavy atom.